The number of aliphatic hydroxyl groups excluding tert-OH is 7. The molecule has 0 spiro atoms. The molecule has 5 rings (SSSR count). The highest BCUT2D eigenvalue weighted by Gasteiger charge is 2.57. The Kier molecular flexibility index (Phi) is 23.6. The Labute approximate surface area is 417 Å². The first kappa shape index (κ1) is 59.2. The van der Waals surface area contributed by atoms with Gasteiger partial charge in [-0.1, -0.05) is 76.9 Å². The van der Waals surface area contributed by atoms with Crippen molar-refractivity contribution < 1.29 is 102 Å². The third-order valence-electron chi connectivity index (χ3n) is 14.1. The predicted octanol–water partition coefficient (Wildman–Crippen LogP) is 2.42. The van der Waals surface area contributed by atoms with Crippen LogP contribution in [0.3, 0.4) is 0 Å². The van der Waals surface area contributed by atoms with Gasteiger partial charge in [-0.05, 0) is 67.7 Å². The third kappa shape index (κ3) is 15.4. The molecule has 0 unspecified atom stereocenters. The Morgan fingerprint density at radius 3 is 1.82 bits per heavy atom. The van der Waals surface area contributed by atoms with E-state index in [2.05, 4.69) is 6.92 Å². The van der Waals surface area contributed by atoms with Crippen LogP contribution in [-0.4, -0.2) is 189 Å². The summed E-state index contributed by atoms with van der Waals surface area (Å²) in [5.41, 5.74) is 0.377. The number of esters is 3. The van der Waals surface area contributed by atoms with E-state index in [0.29, 0.717) is 19.3 Å². The van der Waals surface area contributed by atoms with Crippen LogP contribution >= 0.6 is 0 Å². The number of rotatable bonds is 13. The second-order valence-corrected chi connectivity index (χ2v) is 19.5. The molecule has 0 aromatic rings. The van der Waals surface area contributed by atoms with Gasteiger partial charge in [0, 0.05) is 17.6 Å². The normalized spacial score (nSPS) is 41.8. The van der Waals surface area contributed by atoms with Gasteiger partial charge in [-0.3, -0.25) is 4.79 Å². The number of carbonyl (C=O) groups excluding carboxylic acids is 3. The van der Waals surface area contributed by atoms with Gasteiger partial charge in [0.05, 0.1) is 31.0 Å². The number of unbranched alkanes of at least 4 members (excludes halogenated alkanes) is 2. The highest BCUT2D eigenvalue weighted by molar-refractivity contribution is 5.88. The smallest absolute Gasteiger partial charge is 0.333 e. The van der Waals surface area contributed by atoms with Crippen LogP contribution in [0.25, 0.3) is 0 Å². The molecule has 5 fully saturated rings. The van der Waals surface area contributed by atoms with E-state index in [-0.39, 0.29) is 23.7 Å². The molecule has 21 atom stereocenters. The Morgan fingerprint density at radius 1 is 0.592 bits per heavy atom. The third-order valence-corrected chi connectivity index (χ3v) is 14.1. The van der Waals surface area contributed by atoms with Crippen molar-refractivity contribution in [1.29, 1.82) is 0 Å². The van der Waals surface area contributed by atoms with Crippen LogP contribution in [0.1, 0.15) is 139 Å². The van der Waals surface area contributed by atoms with Gasteiger partial charge in [-0.25, -0.2) is 9.59 Å². The van der Waals surface area contributed by atoms with E-state index in [1.807, 2.05) is 0 Å². The Morgan fingerprint density at radius 2 is 1.18 bits per heavy atom. The number of ether oxygens (including phenoxy) is 11. The number of allylic oxidation sites excluding steroid dienone is 2. The number of hydrogen-bond donors (Lipinski definition) is 7. The molecule has 7 N–H and O–H groups in total. The fraction of sp³-hybridized carbons (Fsp3) is 0.860. The summed E-state index contributed by atoms with van der Waals surface area (Å²) in [6.45, 7) is 12.0. The minimum Gasteiger partial charge on any atom is -0.456 e. The van der Waals surface area contributed by atoms with Crippen LogP contribution in [0.2, 0.25) is 0 Å². The molecule has 0 radical (unpaired) electrons. The largest absolute Gasteiger partial charge is 0.456 e. The molecule has 0 aromatic heterocycles. The van der Waals surface area contributed by atoms with E-state index in [9.17, 15) is 50.1 Å². The first-order valence-corrected chi connectivity index (χ1v) is 25.7. The molecule has 21 heteroatoms. The molecule has 0 amide bonds. The van der Waals surface area contributed by atoms with Crippen molar-refractivity contribution in [2.75, 3.05) is 6.61 Å². The Hall–Kier alpha value is -2.71. The van der Waals surface area contributed by atoms with Crippen LogP contribution in [0.4, 0.5) is 0 Å². The zero-order valence-corrected chi connectivity index (χ0v) is 42.5. The van der Waals surface area contributed by atoms with Gasteiger partial charge in [0.2, 0.25) is 0 Å². The first-order valence-electron chi connectivity index (χ1n) is 25.7. The molecule has 5 aliphatic rings. The molecular formula is C50H82O21. The summed E-state index contributed by atoms with van der Waals surface area (Å²) < 4.78 is 67.6. The molecule has 2 bridgehead atoms. The van der Waals surface area contributed by atoms with Crippen molar-refractivity contribution in [2.45, 2.75) is 268 Å². The quantitative estimate of drug-likeness (QED) is 0.0603. The van der Waals surface area contributed by atoms with Gasteiger partial charge in [0.25, 0.3) is 0 Å². The summed E-state index contributed by atoms with van der Waals surface area (Å²) in [5.74, 6) is -2.38. The van der Waals surface area contributed by atoms with Gasteiger partial charge in [0.15, 0.2) is 49.6 Å². The number of carbonyl (C=O) groups is 3. The van der Waals surface area contributed by atoms with Crippen LogP contribution < -0.4 is 0 Å². The second-order valence-electron chi connectivity index (χ2n) is 19.5. The lowest BCUT2D eigenvalue weighted by Gasteiger charge is -2.50. The Balaban J connectivity index is 1.51. The number of aliphatic hydroxyl groups is 7. The fourth-order valence-corrected chi connectivity index (χ4v) is 9.35. The average molecular weight is 1020 g/mol. The topological polar surface area (TPSA) is 294 Å². The summed E-state index contributed by atoms with van der Waals surface area (Å²) in [7, 11) is 0. The van der Waals surface area contributed by atoms with Crippen molar-refractivity contribution >= 4 is 17.9 Å². The van der Waals surface area contributed by atoms with Crippen LogP contribution in [0, 0.1) is 0 Å². The van der Waals surface area contributed by atoms with Crippen molar-refractivity contribution in [3.63, 3.8) is 0 Å². The van der Waals surface area contributed by atoms with E-state index < -0.39 is 147 Å². The number of hydrogen-bond acceptors (Lipinski definition) is 21. The van der Waals surface area contributed by atoms with Gasteiger partial charge >= 0.3 is 17.9 Å². The Bertz CT molecular complexity index is 1730. The van der Waals surface area contributed by atoms with E-state index in [1.54, 1.807) is 20.8 Å². The zero-order valence-electron chi connectivity index (χ0n) is 42.5. The zero-order chi connectivity index (χ0) is 52.1. The summed E-state index contributed by atoms with van der Waals surface area (Å²) in [4.78, 5) is 39.8. The number of fused-ring (bicyclic) bond motifs is 3. The van der Waals surface area contributed by atoms with Crippen LogP contribution in [0.15, 0.2) is 23.3 Å². The lowest BCUT2D eigenvalue weighted by atomic mass is 9.95. The summed E-state index contributed by atoms with van der Waals surface area (Å²) in [5, 5.41) is 79.7. The first-order chi connectivity index (χ1) is 33.8. The van der Waals surface area contributed by atoms with Gasteiger partial charge in [0.1, 0.15) is 54.9 Å². The minimum atomic E-state index is -1.86. The molecule has 0 saturated carbocycles. The molecule has 5 aliphatic heterocycles. The van der Waals surface area contributed by atoms with E-state index in [1.165, 1.54) is 39.8 Å². The van der Waals surface area contributed by atoms with E-state index >= 15 is 0 Å². The molecule has 5 saturated heterocycles. The minimum absolute atomic E-state index is 0.0424. The monoisotopic (exact) mass is 1020 g/mol. The standard InChI is InChI=1S/C50H82O21/c1-9-12-18-21-30-22-19-16-14-13-15-17-20-23-32(52)66-41-34(54)31(24-51)65-50(70-42-35(55)33(53)27(6)61-48(42)64-30)44(41)71-49-43(68-46(60)26(5)11-3)38(58)40(29(8)63-49)69-47-37(57)36(56)39(28(7)62-47)67-45(59)25(4)10-2/h10-11,27-31,33-44,47-51,53-58H,9,12-24H2,1-8H3/b25-10+,26-11+/t27-,28-,29+,30+,31-,33-,34-,35+,36-,37-,38-,39+,40+,41+,42-,43-,44-,47+,48+,49+,50+/m1/s1. The van der Waals surface area contributed by atoms with Crippen molar-refractivity contribution in [2.24, 2.45) is 0 Å². The van der Waals surface area contributed by atoms with Crippen molar-refractivity contribution in [1.82, 2.24) is 0 Å². The average Bonchev–Trinajstić information content (AvgIpc) is 3.34. The maximum absolute atomic E-state index is 13.7. The molecule has 71 heavy (non-hydrogen) atoms. The maximum atomic E-state index is 13.7. The molecule has 5 heterocycles. The molecule has 0 aliphatic carbocycles. The molecule has 0 aromatic carbocycles. The molecular weight excluding hydrogens is 937 g/mol. The van der Waals surface area contributed by atoms with Gasteiger partial charge in [-0.15, -0.1) is 0 Å². The molecule has 408 valence electrons. The highest BCUT2D eigenvalue weighted by Crippen LogP contribution is 2.38. The van der Waals surface area contributed by atoms with Crippen molar-refractivity contribution in [3.05, 3.63) is 23.3 Å². The predicted molar refractivity (Wildman–Crippen MR) is 248 cm³/mol. The van der Waals surface area contributed by atoms with Crippen molar-refractivity contribution in [3.8, 4) is 0 Å². The maximum Gasteiger partial charge on any atom is 0.333 e. The van der Waals surface area contributed by atoms with Gasteiger partial charge < -0.3 is 87.9 Å². The van der Waals surface area contributed by atoms with E-state index in [0.717, 1.165) is 57.8 Å². The summed E-state index contributed by atoms with van der Waals surface area (Å²) in [6.07, 6.45) is -18.3. The molecule has 21 nitrogen and oxygen atoms in total. The lowest BCUT2D eigenvalue weighted by Crippen LogP contribution is -2.68. The fourth-order valence-electron chi connectivity index (χ4n) is 9.35. The lowest BCUT2D eigenvalue weighted by molar-refractivity contribution is -0.399. The highest BCUT2D eigenvalue weighted by atomic mass is 16.8. The SMILES string of the molecule is C/C=C(\C)C(=O)O[C@@H]1[C@H](O)[C@@H](O)[C@H](O[C@@H]2[C@@H](O)[C@@H](OC(=O)/C(C)=C/C)[C@H](O[C@H]3[C@@H]4O[C@H]5[C@H](O[C@@H](CCCCC)CCCCCCCCCC(=O)O[C@H]3[C@H](O)[C@@H](CO)O4)O[C@H](C)[C@@H](O)[C@@H]5O)O[C@H]2C)O[C@@H]1C. The summed E-state index contributed by atoms with van der Waals surface area (Å²) >= 11 is 0. The summed E-state index contributed by atoms with van der Waals surface area (Å²) in [6, 6.07) is 0. The van der Waals surface area contributed by atoms with Gasteiger partial charge in [-0.2, -0.15) is 0 Å². The van der Waals surface area contributed by atoms with E-state index in [4.69, 9.17) is 52.1 Å². The van der Waals surface area contributed by atoms with Crippen LogP contribution in [-0.2, 0) is 66.5 Å². The van der Waals surface area contributed by atoms with Crippen LogP contribution in [0.5, 0.6) is 0 Å². The second kappa shape index (κ2) is 28.3.